The predicted octanol–water partition coefficient (Wildman–Crippen LogP) is 5.15. The second kappa shape index (κ2) is 11.9. The Morgan fingerprint density at radius 2 is 1.95 bits per heavy atom. The summed E-state index contributed by atoms with van der Waals surface area (Å²) in [6, 6.07) is 14.1. The maximum Gasteiger partial charge on any atom is 0.335 e. The minimum atomic E-state index is -1.01. The van der Waals surface area contributed by atoms with Gasteiger partial charge in [-0.2, -0.15) is 4.98 Å². The number of pyridine rings is 1. The SMILES string of the molecule is COc1cc(C(=O)O)cc2c1nc(CN1CCN(c3cccc(OCc4ccc(Cl)cc4F)n3)[C@H]3CC[C@@H]31)n2C[C@@H]1CCO1. The first-order valence-corrected chi connectivity index (χ1v) is 15.2. The number of aromatic nitrogens is 3. The zero-order valence-corrected chi connectivity index (χ0v) is 25.0. The number of carboxylic acid groups (broad SMARTS) is 1. The van der Waals surface area contributed by atoms with Crippen LogP contribution in [0.25, 0.3) is 11.0 Å². The van der Waals surface area contributed by atoms with Gasteiger partial charge in [0, 0.05) is 48.4 Å². The van der Waals surface area contributed by atoms with E-state index in [-0.39, 0.29) is 18.3 Å². The minimum absolute atomic E-state index is 0.0604. The summed E-state index contributed by atoms with van der Waals surface area (Å²) in [5, 5.41) is 10.1. The van der Waals surface area contributed by atoms with Crippen molar-refractivity contribution in [3.05, 3.63) is 76.3 Å². The molecule has 2 saturated heterocycles. The summed E-state index contributed by atoms with van der Waals surface area (Å²) in [7, 11) is 1.54. The Balaban J connectivity index is 1.09. The molecule has 3 atom stereocenters. The molecule has 0 bridgehead atoms. The topological polar surface area (TPSA) is 102 Å². The number of benzene rings is 2. The molecule has 3 fully saturated rings. The van der Waals surface area contributed by atoms with Crippen LogP contribution in [0.4, 0.5) is 10.2 Å². The van der Waals surface area contributed by atoms with E-state index in [1.807, 2.05) is 12.1 Å². The molecule has 0 radical (unpaired) electrons. The number of anilines is 1. The van der Waals surface area contributed by atoms with E-state index in [4.69, 9.17) is 35.8 Å². The van der Waals surface area contributed by atoms with Crippen molar-refractivity contribution in [2.45, 2.75) is 57.1 Å². The van der Waals surface area contributed by atoms with Crippen molar-refractivity contribution in [1.29, 1.82) is 0 Å². The molecule has 3 aliphatic rings. The van der Waals surface area contributed by atoms with Crippen LogP contribution in [0.15, 0.2) is 48.5 Å². The first-order valence-electron chi connectivity index (χ1n) is 14.8. The molecule has 4 heterocycles. The molecule has 0 spiro atoms. The smallest absolute Gasteiger partial charge is 0.335 e. The molecule has 2 aromatic carbocycles. The monoisotopic (exact) mass is 621 g/mol. The van der Waals surface area contributed by atoms with E-state index < -0.39 is 11.8 Å². The fourth-order valence-electron chi connectivity index (χ4n) is 6.39. The van der Waals surface area contributed by atoms with Gasteiger partial charge in [-0.25, -0.2) is 14.2 Å². The van der Waals surface area contributed by atoms with Gasteiger partial charge < -0.3 is 28.8 Å². The van der Waals surface area contributed by atoms with E-state index in [1.54, 1.807) is 24.3 Å². The highest BCUT2D eigenvalue weighted by Crippen LogP contribution is 2.38. The summed E-state index contributed by atoms with van der Waals surface area (Å²) < 4.78 is 33.5. The van der Waals surface area contributed by atoms with Crippen LogP contribution >= 0.6 is 11.6 Å². The number of carboxylic acids is 1. The lowest BCUT2D eigenvalue weighted by molar-refractivity contribution is -0.0594. The first-order chi connectivity index (χ1) is 21.4. The van der Waals surface area contributed by atoms with E-state index in [0.717, 1.165) is 56.1 Å². The highest BCUT2D eigenvalue weighted by atomic mass is 35.5. The molecule has 1 aliphatic carbocycles. The number of nitrogens with zero attached hydrogens (tertiary/aromatic N) is 5. The molecule has 2 aromatic heterocycles. The van der Waals surface area contributed by atoms with Gasteiger partial charge in [0.25, 0.3) is 0 Å². The quantitative estimate of drug-likeness (QED) is 0.257. The zero-order chi connectivity index (χ0) is 30.4. The lowest BCUT2D eigenvalue weighted by Crippen LogP contribution is -2.64. The number of fused-ring (bicyclic) bond motifs is 2. The number of methoxy groups -OCH3 is 1. The first kappa shape index (κ1) is 28.8. The van der Waals surface area contributed by atoms with Crippen LogP contribution in [-0.2, 0) is 24.4 Å². The molecule has 10 nitrogen and oxygen atoms in total. The van der Waals surface area contributed by atoms with Crippen LogP contribution < -0.4 is 14.4 Å². The van der Waals surface area contributed by atoms with E-state index in [2.05, 4.69) is 14.4 Å². The summed E-state index contributed by atoms with van der Waals surface area (Å²) in [6.45, 7) is 3.63. The average Bonchev–Trinajstić information content (AvgIpc) is 3.31. The van der Waals surface area contributed by atoms with Crippen molar-refractivity contribution >= 4 is 34.4 Å². The Kier molecular flexibility index (Phi) is 7.77. The van der Waals surface area contributed by atoms with Gasteiger partial charge in [-0.15, -0.1) is 0 Å². The van der Waals surface area contributed by atoms with Crippen LogP contribution in [0, 0.1) is 5.82 Å². The number of ether oxygens (including phenoxy) is 3. The van der Waals surface area contributed by atoms with E-state index in [1.165, 1.54) is 19.2 Å². The van der Waals surface area contributed by atoms with Gasteiger partial charge in [-0.05, 0) is 49.6 Å². The Labute approximate surface area is 258 Å². The molecule has 230 valence electrons. The van der Waals surface area contributed by atoms with Crippen molar-refractivity contribution in [2.24, 2.45) is 0 Å². The van der Waals surface area contributed by atoms with Gasteiger partial charge in [0.05, 0.1) is 37.4 Å². The number of rotatable bonds is 10. The Hall–Kier alpha value is -3.93. The molecule has 0 unspecified atom stereocenters. The summed E-state index contributed by atoms with van der Waals surface area (Å²) in [6.07, 6.45) is 3.15. The number of imidazole rings is 1. The molecule has 4 aromatic rings. The van der Waals surface area contributed by atoms with Crippen LogP contribution in [0.2, 0.25) is 5.02 Å². The second-order valence-corrected chi connectivity index (χ2v) is 11.9. The molecule has 44 heavy (non-hydrogen) atoms. The maximum absolute atomic E-state index is 14.2. The Morgan fingerprint density at radius 3 is 2.66 bits per heavy atom. The number of hydrogen-bond acceptors (Lipinski definition) is 8. The molecular formula is C32H33ClFN5O5. The van der Waals surface area contributed by atoms with E-state index >= 15 is 0 Å². The van der Waals surface area contributed by atoms with Crippen LogP contribution in [0.3, 0.4) is 0 Å². The van der Waals surface area contributed by atoms with Crippen molar-refractivity contribution in [3.8, 4) is 11.6 Å². The molecule has 2 aliphatic heterocycles. The van der Waals surface area contributed by atoms with Gasteiger partial charge in [0.1, 0.15) is 35.3 Å². The predicted molar refractivity (Wildman–Crippen MR) is 162 cm³/mol. The van der Waals surface area contributed by atoms with Gasteiger partial charge >= 0.3 is 5.97 Å². The van der Waals surface area contributed by atoms with Crippen molar-refractivity contribution < 1.29 is 28.5 Å². The molecule has 12 heteroatoms. The number of carbonyl (C=O) groups is 1. The highest BCUT2D eigenvalue weighted by Gasteiger charge is 2.44. The fourth-order valence-corrected chi connectivity index (χ4v) is 6.55. The molecular weight excluding hydrogens is 589 g/mol. The van der Waals surface area contributed by atoms with Crippen LogP contribution in [0.1, 0.15) is 41.0 Å². The van der Waals surface area contributed by atoms with Crippen molar-refractivity contribution in [3.63, 3.8) is 0 Å². The maximum atomic E-state index is 14.2. The minimum Gasteiger partial charge on any atom is -0.494 e. The highest BCUT2D eigenvalue weighted by molar-refractivity contribution is 6.30. The van der Waals surface area contributed by atoms with Crippen LogP contribution in [0.5, 0.6) is 11.6 Å². The average molecular weight is 622 g/mol. The number of hydrogen-bond donors (Lipinski definition) is 1. The van der Waals surface area contributed by atoms with Gasteiger partial charge in [0.2, 0.25) is 5.88 Å². The summed E-state index contributed by atoms with van der Waals surface area (Å²) in [4.78, 5) is 26.4. The summed E-state index contributed by atoms with van der Waals surface area (Å²) in [5.74, 6) is 1.20. The van der Waals surface area contributed by atoms with Crippen molar-refractivity contribution in [1.82, 2.24) is 19.4 Å². The lowest BCUT2D eigenvalue weighted by Gasteiger charge is -2.54. The van der Waals surface area contributed by atoms with Crippen molar-refractivity contribution in [2.75, 3.05) is 31.7 Å². The summed E-state index contributed by atoms with van der Waals surface area (Å²) in [5.41, 5.74) is 1.99. The lowest BCUT2D eigenvalue weighted by atomic mass is 9.81. The second-order valence-electron chi connectivity index (χ2n) is 11.5. The van der Waals surface area contributed by atoms with Gasteiger partial charge in [0.15, 0.2) is 0 Å². The Bertz CT molecular complexity index is 1710. The van der Waals surface area contributed by atoms with Gasteiger partial charge in [-0.1, -0.05) is 23.7 Å². The number of halogens is 2. The van der Waals surface area contributed by atoms with Gasteiger partial charge in [-0.3, -0.25) is 4.90 Å². The summed E-state index contributed by atoms with van der Waals surface area (Å²) >= 11 is 5.87. The fraction of sp³-hybridized carbons (Fsp3) is 0.406. The molecule has 0 amide bonds. The van der Waals surface area contributed by atoms with E-state index in [9.17, 15) is 14.3 Å². The molecule has 7 rings (SSSR count). The molecule has 1 saturated carbocycles. The van der Waals surface area contributed by atoms with Crippen LogP contribution in [-0.4, -0.2) is 75.5 Å². The third kappa shape index (κ3) is 5.44. The standard InChI is InChI=1S/C32H33ClFN5O5/c1-42-27-14-20(32(40)41)13-26-31(27)36-29(39(26)16-22-9-12-43-22)17-37-10-11-38(25-8-7-24(25)37)28-3-2-4-30(35-28)44-18-19-5-6-21(33)15-23(19)34/h2-6,13-15,22,24-25H,7-12,16-18H2,1H3,(H,40,41)/t22-,24-,25-/m0/s1. The third-order valence-electron chi connectivity index (χ3n) is 8.98. The zero-order valence-electron chi connectivity index (χ0n) is 24.3. The number of aromatic carboxylic acids is 1. The normalized spacial score (nSPS) is 21.4. The third-order valence-corrected chi connectivity index (χ3v) is 9.22. The Morgan fingerprint density at radius 1 is 1.11 bits per heavy atom. The largest absolute Gasteiger partial charge is 0.494 e. The molecule has 1 N–H and O–H groups in total. The van der Waals surface area contributed by atoms with E-state index in [0.29, 0.717) is 52.9 Å². The number of piperazine rings is 1.